The minimum absolute atomic E-state index is 0.591. The molecule has 3 heterocycles. The van der Waals surface area contributed by atoms with E-state index in [2.05, 4.69) is 152 Å². The first-order valence-electron chi connectivity index (χ1n) is 18.1. The zero-order chi connectivity index (χ0) is 35.3. The number of fused-ring (bicyclic) bond motifs is 1. The molecule has 12 rings (SSSR count). The van der Waals surface area contributed by atoms with E-state index in [1.165, 1.54) is 0 Å². The van der Waals surface area contributed by atoms with Crippen molar-refractivity contribution < 1.29 is 8.83 Å². The van der Waals surface area contributed by atoms with E-state index < -0.39 is 0 Å². The van der Waals surface area contributed by atoms with Crippen molar-refractivity contribution in [2.24, 2.45) is 0 Å². The molecule has 5 heteroatoms. The molecule has 0 atom stereocenters. The SMILES string of the molecule is c1ccc(-c2ccc(-c3nc(-c4cccc(-c5ccccc5)c4)nc(-c4ccc5oc6ccc7ccc8oc9cccc%10c9c8c7c6c5c4-%10)n3)cc2)cc1. The van der Waals surface area contributed by atoms with Crippen LogP contribution in [-0.2, 0) is 0 Å². The van der Waals surface area contributed by atoms with Gasteiger partial charge in [0.25, 0.3) is 0 Å². The van der Waals surface area contributed by atoms with E-state index in [-0.39, 0.29) is 0 Å². The van der Waals surface area contributed by atoms with Gasteiger partial charge in [0.2, 0.25) is 0 Å². The van der Waals surface area contributed by atoms with Crippen LogP contribution in [0.4, 0.5) is 0 Å². The number of rotatable bonds is 5. The zero-order valence-electron chi connectivity index (χ0n) is 28.7. The maximum atomic E-state index is 6.59. The van der Waals surface area contributed by atoms with Crippen LogP contribution in [0.3, 0.4) is 0 Å². The van der Waals surface area contributed by atoms with Crippen molar-refractivity contribution in [1.82, 2.24) is 15.0 Å². The van der Waals surface area contributed by atoms with Gasteiger partial charge < -0.3 is 8.83 Å². The van der Waals surface area contributed by atoms with Gasteiger partial charge in [0, 0.05) is 49.2 Å². The number of benzene rings is 8. The average Bonchev–Trinajstić information content (AvgIpc) is 3.79. The molecule has 0 radical (unpaired) electrons. The van der Waals surface area contributed by atoms with Gasteiger partial charge in [0.05, 0.1) is 0 Å². The van der Waals surface area contributed by atoms with Crippen molar-refractivity contribution in [3.05, 3.63) is 164 Å². The molecule has 0 amide bonds. The normalized spacial score (nSPS) is 12.1. The molecule has 250 valence electrons. The van der Waals surface area contributed by atoms with Crippen molar-refractivity contribution >= 4 is 54.6 Å². The largest absolute Gasteiger partial charge is 0.456 e. The maximum absolute atomic E-state index is 6.59. The van der Waals surface area contributed by atoms with E-state index in [0.717, 1.165) is 105 Å². The second-order valence-corrected chi connectivity index (χ2v) is 13.9. The summed E-state index contributed by atoms with van der Waals surface area (Å²) in [6.45, 7) is 0. The van der Waals surface area contributed by atoms with Gasteiger partial charge in [-0.05, 0) is 69.6 Å². The van der Waals surface area contributed by atoms with Gasteiger partial charge in [-0.25, -0.2) is 15.0 Å². The highest BCUT2D eigenvalue weighted by Crippen LogP contribution is 2.52. The van der Waals surface area contributed by atoms with Gasteiger partial charge in [-0.3, -0.25) is 0 Å². The molecule has 11 aromatic rings. The fourth-order valence-corrected chi connectivity index (χ4v) is 8.41. The first kappa shape index (κ1) is 29.2. The molecule has 0 spiro atoms. The Morgan fingerprint density at radius 2 is 0.815 bits per heavy atom. The van der Waals surface area contributed by atoms with Gasteiger partial charge >= 0.3 is 0 Å². The van der Waals surface area contributed by atoms with Crippen molar-refractivity contribution in [1.29, 1.82) is 0 Å². The van der Waals surface area contributed by atoms with Gasteiger partial charge in [-0.15, -0.1) is 0 Å². The molecule has 0 saturated carbocycles. The predicted octanol–water partition coefficient (Wildman–Crippen LogP) is 13.1. The number of nitrogens with zero attached hydrogens (tertiary/aromatic N) is 3. The topological polar surface area (TPSA) is 65.0 Å². The molecule has 0 saturated heterocycles. The molecule has 0 N–H and O–H groups in total. The molecule has 3 aromatic heterocycles. The second-order valence-electron chi connectivity index (χ2n) is 13.9. The van der Waals surface area contributed by atoms with E-state index in [4.69, 9.17) is 23.8 Å². The Morgan fingerprint density at radius 1 is 0.296 bits per heavy atom. The van der Waals surface area contributed by atoms with Gasteiger partial charge in [0.15, 0.2) is 17.5 Å². The molecule has 8 aromatic carbocycles. The highest BCUT2D eigenvalue weighted by atomic mass is 16.3. The van der Waals surface area contributed by atoms with Crippen LogP contribution in [-0.4, -0.2) is 15.0 Å². The number of furan rings is 2. The quantitative estimate of drug-likeness (QED) is 0.180. The van der Waals surface area contributed by atoms with Crippen molar-refractivity contribution in [2.75, 3.05) is 0 Å². The van der Waals surface area contributed by atoms with Crippen molar-refractivity contribution in [3.63, 3.8) is 0 Å². The number of hydrogen-bond acceptors (Lipinski definition) is 5. The van der Waals surface area contributed by atoms with E-state index >= 15 is 0 Å². The van der Waals surface area contributed by atoms with Crippen molar-refractivity contribution in [2.45, 2.75) is 0 Å². The fourth-order valence-electron chi connectivity index (χ4n) is 8.41. The van der Waals surface area contributed by atoms with E-state index in [9.17, 15) is 0 Å². The molecule has 0 unspecified atom stereocenters. The van der Waals surface area contributed by atoms with E-state index in [1.54, 1.807) is 0 Å². The van der Waals surface area contributed by atoms with Crippen LogP contribution >= 0.6 is 0 Å². The Morgan fingerprint density at radius 3 is 1.56 bits per heavy atom. The Balaban J connectivity index is 1.14. The van der Waals surface area contributed by atoms with Crippen LogP contribution in [0, 0.1) is 0 Å². The Bertz CT molecular complexity index is 3300. The lowest BCUT2D eigenvalue weighted by Crippen LogP contribution is -2.01. The average molecular weight is 690 g/mol. The Kier molecular flexibility index (Phi) is 5.99. The number of hydrogen-bond donors (Lipinski definition) is 0. The summed E-state index contributed by atoms with van der Waals surface area (Å²) in [6.07, 6.45) is 0. The lowest BCUT2D eigenvalue weighted by molar-refractivity contribution is 0.669. The molecular weight excluding hydrogens is 663 g/mol. The minimum Gasteiger partial charge on any atom is -0.456 e. The molecule has 54 heavy (non-hydrogen) atoms. The summed E-state index contributed by atoms with van der Waals surface area (Å²) in [6, 6.07) is 56.6. The van der Waals surface area contributed by atoms with Crippen LogP contribution in [0.5, 0.6) is 0 Å². The van der Waals surface area contributed by atoms with Gasteiger partial charge in [-0.2, -0.15) is 0 Å². The summed E-state index contributed by atoms with van der Waals surface area (Å²) in [5.74, 6) is 1.80. The fraction of sp³-hybridized carbons (Fsp3) is 0. The van der Waals surface area contributed by atoms with E-state index in [0.29, 0.717) is 17.5 Å². The maximum Gasteiger partial charge on any atom is 0.164 e. The third kappa shape index (κ3) is 4.24. The van der Waals surface area contributed by atoms with Crippen LogP contribution in [0.1, 0.15) is 0 Å². The van der Waals surface area contributed by atoms with Crippen LogP contribution < -0.4 is 0 Å². The third-order valence-electron chi connectivity index (χ3n) is 10.9. The van der Waals surface area contributed by atoms with Crippen LogP contribution in [0.25, 0.3) is 122 Å². The summed E-state index contributed by atoms with van der Waals surface area (Å²) in [7, 11) is 0. The lowest BCUT2D eigenvalue weighted by Gasteiger charge is -2.14. The van der Waals surface area contributed by atoms with Crippen LogP contribution in [0.2, 0.25) is 0 Å². The Hall–Kier alpha value is -7.37. The summed E-state index contributed by atoms with van der Waals surface area (Å²) < 4.78 is 13.1. The molecule has 5 nitrogen and oxygen atoms in total. The predicted molar refractivity (Wildman–Crippen MR) is 218 cm³/mol. The Labute approximate surface area is 308 Å². The molecular formula is C49H27N3O2. The lowest BCUT2D eigenvalue weighted by atomic mass is 9.93. The highest BCUT2D eigenvalue weighted by Gasteiger charge is 2.28. The summed E-state index contributed by atoms with van der Waals surface area (Å²) in [4.78, 5) is 15.7. The van der Waals surface area contributed by atoms with E-state index in [1.807, 2.05) is 12.1 Å². The minimum atomic E-state index is 0.591. The van der Waals surface area contributed by atoms with Crippen molar-refractivity contribution in [3.8, 4) is 67.5 Å². The number of aromatic nitrogens is 3. The molecule has 0 fully saturated rings. The second kappa shape index (κ2) is 11.1. The smallest absolute Gasteiger partial charge is 0.164 e. The third-order valence-corrected chi connectivity index (χ3v) is 10.9. The molecule has 1 aliphatic carbocycles. The summed E-state index contributed by atoms with van der Waals surface area (Å²) in [5.41, 5.74) is 12.7. The molecule has 0 aliphatic heterocycles. The monoisotopic (exact) mass is 689 g/mol. The van der Waals surface area contributed by atoms with Gasteiger partial charge in [0.1, 0.15) is 22.3 Å². The standard InChI is InChI=1S/C49H27N3O2/c1-3-9-28(10-4-1)30-17-19-32(20-18-30)47-50-48(34-14-7-13-33(27-34)29-11-5-2-6-12-29)52-49(51-47)36-23-26-40-46-42(36)35-15-8-16-37-43(35)44-38(53-37)24-21-31-22-25-39(54-40)45(46)41(31)44/h1-27H. The first-order chi connectivity index (χ1) is 26.7. The highest BCUT2D eigenvalue weighted by molar-refractivity contribution is 6.37. The molecule has 1 aliphatic rings. The first-order valence-corrected chi connectivity index (χ1v) is 18.1. The van der Waals surface area contributed by atoms with Crippen LogP contribution in [0.15, 0.2) is 173 Å². The molecule has 0 bridgehead atoms. The zero-order valence-corrected chi connectivity index (χ0v) is 28.7. The summed E-state index contributed by atoms with van der Waals surface area (Å²) in [5, 5.41) is 6.66. The summed E-state index contributed by atoms with van der Waals surface area (Å²) >= 11 is 0. The van der Waals surface area contributed by atoms with Gasteiger partial charge in [-0.1, -0.05) is 127 Å².